The number of rotatable bonds is 3. The summed E-state index contributed by atoms with van der Waals surface area (Å²) in [6.45, 7) is 1.06. The van der Waals surface area contributed by atoms with Crippen molar-refractivity contribution < 1.29 is 5.11 Å². The minimum absolute atomic E-state index is 0.0233. The molecule has 0 aliphatic heterocycles. The third-order valence-corrected chi connectivity index (χ3v) is 5.76. The molecule has 3 saturated carbocycles. The standard InChI is InChI=1S/C15H27NO/c17-13-6-4-5-12(13)11-16-14-7-10-15(14)8-2-1-3-9-15/h12-14,16-17H,1-11H2. The molecule has 1 spiro atoms. The maximum absolute atomic E-state index is 9.85. The van der Waals surface area contributed by atoms with Crippen molar-refractivity contribution in [1.29, 1.82) is 0 Å². The molecule has 0 radical (unpaired) electrons. The molecule has 3 aliphatic rings. The van der Waals surface area contributed by atoms with Crippen molar-refractivity contribution in [2.24, 2.45) is 11.3 Å². The molecule has 2 N–H and O–H groups in total. The molecule has 3 rings (SSSR count). The second kappa shape index (κ2) is 4.89. The summed E-state index contributed by atoms with van der Waals surface area (Å²) in [4.78, 5) is 0. The molecule has 2 nitrogen and oxygen atoms in total. The van der Waals surface area contributed by atoms with Crippen LogP contribution in [0.3, 0.4) is 0 Å². The fourth-order valence-corrected chi connectivity index (χ4v) is 4.42. The van der Waals surface area contributed by atoms with Crippen molar-refractivity contribution in [1.82, 2.24) is 5.32 Å². The van der Waals surface area contributed by atoms with E-state index in [1.807, 2.05) is 0 Å². The van der Waals surface area contributed by atoms with Gasteiger partial charge in [-0.3, -0.25) is 0 Å². The molecular formula is C15H27NO. The summed E-state index contributed by atoms with van der Waals surface area (Å²) in [6, 6.07) is 0.774. The van der Waals surface area contributed by atoms with Crippen LogP contribution in [-0.2, 0) is 0 Å². The third kappa shape index (κ3) is 2.26. The maximum Gasteiger partial charge on any atom is 0.0580 e. The van der Waals surface area contributed by atoms with Gasteiger partial charge in [-0.05, 0) is 49.9 Å². The Morgan fingerprint density at radius 1 is 0.941 bits per heavy atom. The minimum atomic E-state index is -0.0233. The van der Waals surface area contributed by atoms with Gasteiger partial charge in [0.15, 0.2) is 0 Å². The van der Waals surface area contributed by atoms with Crippen LogP contribution in [0.4, 0.5) is 0 Å². The van der Waals surface area contributed by atoms with E-state index >= 15 is 0 Å². The lowest BCUT2D eigenvalue weighted by Gasteiger charge is -2.53. The van der Waals surface area contributed by atoms with Crippen molar-refractivity contribution in [3.63, 3.8) is 0 Å². The second-order valence-electron chi connectivity index (χ2n) is 6.68. The normalized spacial score (nSPS) is 40.4. The van der Waals surface area contributed by atoms with Gasteiger partial charge in [0.2, 0.25) is 0 Å². The van der Waals surface area contributed by atoms with Crippen LogP contribution in [0.25, 0.3) is 0 Å². The summed E-state index contributed by atoms with van der Waals surface area (Å²) < 4.78 is 0. The predicted molar refractivity (Wildman–Crippen MR) is 69.9 cm³/mol. The van der Waals surface area contributed by atoms with Crippen molar-refractivity contribution in [2.45, 2.75) is 76.4 Å². The van der Waals surface area contributed by atoms with E-state index in [1.165, 1.54) is 57.8 Å². The van der Waals surface area contributed by atoms with E-state index in [0.29, 0.717) is 11.3 Å². The summed E-state index contributed by atoms with van der Waals surface area (Å²) in [5, 5.41) is 13.6. The lowest BCUT2D eigenvalue weighted by molar-refractivity contribution is 0.0170. The summed E-state index contributed by atoms with van der Waals surface area (Å²) in [5.41, 5.74) is 0.668. The molecule has 3 atom stereocenters. The molecule has 98 valence electrons. The van der Waals surface area contributed by atoms with Crippen LogP contribution in [0.2, 0.25) is 0 Å². The summed E-state index contributed by atoms with van der Waals surface area (Å²) in [7, 11) is 0. The maximum atomic E-state index is 9.85. The van der Waals surface area contributed by atoms with Gasteiger partial charge in [0.05, 0.1) is 6.10 Å². The first kappa shape index (κ1) is 12.0. The van der Waals surface area contributed by atoms with E-state index in [1.54, 1.807) is 0 Å². The van der Waals surface area contributed by atoms with Gasteiger partial charge in [0.25, 0.3) is 0 Å². The highest BCUT2D eigenvalue weighted by molar-refractivity contribution is 5.02. The molecule has 2 heteroatoms. The number of aliphatic hydroxyl groups is 1. The van der Waals surface area contributed by atoms with Crippen LogP contribution < -0.4 is 5.32 Å². The molecule has 0 saturated heterocycles. The number of nitrogens with one attached hydrogen (secondary N) is 1. The SMILES string of the molecule is OC1CCCC1CNC1CCC12CCCCC2. The Morgan fingerprint density at radius 3 is 2.35 bits per heavy atom. The Morgan fingerprint density at radius 2 is 1.76 bits per heavy atom. The second-order valence-corrected chi connectivity index (χ2v) is 6.68. The molecule has 0 aromatic carbocycles. The molecule has 0 aromatic heterocycles. The van der Waals surface area contributed by atoms with Gasteiger partial charge in [0.1, 0.15) is 0 Å². The number of hydrogen-bond donors (Lipinski definition) is 2. The van der Waals surface area contributed by atoms with E-state index in [2.05, 4.69) is 5.32 Å². The van der Waals surface area contributed by atoms with E-state index in [9.17, 15) is 5.11 Å². The first-order chi connectivity index (χ1) is 8.30. The average Bonchev–Trinajstić information content (AvgIpc) is 2.75. The molecule has 0 heterocycles. The van der Waals surface area contributed by atoms with Crippen molar-refractivity contribution in [2.75, 3.05) is 6.54 Å². The lowest BCUT2D eigenvalue weighted by atomic mass is 9.57. The lowest BCUT2D eigenvalue weighted by Crippen LogP contribution is -2.55. The van der Waals surface area contributed by atoms with Crippen molar-refractivity contribution >= 4 is 0 Å². The minimum Gasteiger partial charge on any atom is -0.393 e. The van der Waals surface area contributed by atoms with Crippen LogP contribution in [0.1, 0.15) is 64.2 Å². The van der Waals surface area contributed by atoms with E-state index in [0.717, 1.165) is 19.0 Å². The molecule has 0 bridgehead atoms. The first-order valence-corrected chi connectivity index (χ1v) is 7.72. The van der Waals surface area contributed by atoms with E-state index < -0.39 is 0 Å². The number of hydrogen-bond acceptors (Lipinski definition) is 2. The predicted octanol–water partition coefficient (Wildman–Crippen LogP) is 2.85. The Kier molecular flexibility index (Phi) is 3.45. The first-order valence-electron chi connectivity index (χ1n) is 7.72. The van der Waals surface area contributed by atoms with Gasteiger partial charge >= 0.3 is 0 Å². The van der Waals surface area contributed by atoms with Gasteiger partial charge in [0, 0.05) is 12.6 Å². The van der Waals surface area contributed by atoms with Gasteiger partial charge < -0.3 is 10.4 Å². The van der Waals surface area contributed by atoms with Crippen LogP contribution in [-0.4, -0.2) is 23.8 Å². The fourth-order valence-electron chi connectivity index (χ4n) is 4.42. The average molecular weight is 237 g/mol. The summed E-state index contributed by atoms with van der Waals surface area (Å²) in [5.74, 6) is 0.538. The molecule has 17 heavy (non-hydrogen) atoms. The monoisotopic (exact) mass is 237 g/mol. The van der Waals surface area contributed by atoms with E-state index in [-0.39, 0.29) is 6.10 Å². The largest absolute Gasteiger partial charge is 0.393 e. The zero-order chi connectivity index (χ0) is 11.7. The summed E-state index contributed by atoms with van der Waals surface area (Å²) in [6.07, 6.45) is 13.6. The molecule has 0 amide bonds. The van der Waals surface area contributed by atoms with Gasteiger partial charge in [-0.1, -0.05) is 25.7 Å². The van der Waals surface area contributed by atoms with Gasteiger partial charge in [-0.2, -0.15) is 0 Å². The quantitative estimate of drug-likeness (QED) is 0.791. The Labute approximate surface area is 105 Å². The zero-order valence-electron chi connectivity index (χ0n) is 11.0. The molecule has 3 fully saturated rings. The number of aliphatic hydroxyl groups excluding tert-OH is 1. The Hall–Kier alpha value is -0.0800. The van der Waals surface area contributed by atoms with Crippen LogP contribution >= 0.6 is 0 Å². The highest BCUT2D eigenvalue weighted by atomic mass is 16.3. The molecular weight excluding hydrogens is 210 g/mol. The van der Waals surface area contributed by atoms with Gasteiger partial charge in [-0.25, -0.2) is 0 Å². The van der Waals surface area contributed by atoms with Crippen LogP contribution in [0.15, 0.2) is 0 Å². The molecule has 3 aliphatic carbocycles. The molecule has 0 aromatic rings. The van der Waals surface area contributed by atoms with Crippen LogP contribution in [0, 0.1) is 11.3 Å². The molecule has 3 unspecified atom stereocenters. The highest BCUT2D eigenvalue weighted by Gasteiger charge is 2.46. The third-order valence-electron chi connectivity index (χ3n) is 5.76. The summed E-state index contributed by atoms with van der Waals surface area (Å²) >= 11 is 0. The zero-order valence-corrected chi connectivity index (χ0v) is 11.0. The Balaban J connectivity index is 1.48. The van der Waals surface area contributed by atoms with Crippen LogP contribution in [0.5, 0.6) is 0 Å². The highest BCUT2D eigenvalue weighted by Crippen LogP contribution is 2.51. The van der Waals surface area contributed by atoms with E-state index in [4.69, 9.17) is 0 Å². The Bertz CT molecular complexity index is 260. The fraction of sp³-hybridized carbons (Fsp3) is 1.00. The van der Waals surface area contributed by atoms with Crippen molar-refractivity contribution in [3.8, 4) is 0 Å². The van der Waals surface area contributed by atoms with Crippen molar-refractivity contribution in [3.05, 3.63) is 0 Å². The van der Waals surface area contributed by atoms with Gasteiger partial charge in [-0.15, -0.1) is 0 Å². The topological polar surface area (TPSA) is 32.3 Å². The smallest absolute Gasteiger partial charge is 0.0580 e.